The van der Waals surface area contributed by atoms with E-state index in [0.29, 0.717) is 49.2 Å². The van der Waals surface area contributed by atoms with E-state index in [9.17, 15) is 5.11 Å². The summed E-state index contributed by atoms with van der Waals surface area (Å²) in [4.78, 5) is 0. The Labute approximate surface area is 245 Å². The summed E-state index contributed by atoms with van der Waals surface area (Å²) in [6.07, 6.45) is 1.09. The van der Waals surface area contributed by atoms with Crippen LogP contribution in [0.15, 0.2) is 48.5 Å². The molecule has 3 rings (SSSR count). The van der Waals surface area contributed by atoms with E-state index < -0.39 is 5.41 Å². The summed E-state index contributed by atoms with van der Waals surface area (Å²) in [5.74, 6) is 2.15. The lowest BCUT2D eigenvalue weighted by molar-refractivity contribution is 0.108. The molecule has 0 bridgehead atoms. The number of hydrogen-bond donors (Lipinski definition) is 1. The van der Waals surface area contributed by atoms with Gasteiger partial charge in [-0.3, -0.25) is 0 Å². The fraction of sp³-hybridized carbons (Fsp3) is 0.471. The minimum Gasteiger partial charge on any atom is -0.507 e. The van der Waals surface area contributed by atoms with Crippen LogP contribution in [0, 0.1) is 0 Å². The van der Waals surface area contributed by atoms with Crippen molar-refractivity contribution in [3.05, 3.63) is 87.5 Å². The molecule has 1 N–H and O–H groups in total. The first-order valence-corrected chi connectivity index (χ1v) is 14.0. The predicted molar refractivity (Wildman–Crippen MR) is 161 cm³/mol. The number of aromatic hydroxyl groups is 1. The van der Waals surface area contributed by atoms with Crippen LogP contribution in [-0.4, -0.2) is 40.3 Å². The van der Waals surface area contributed by atoms with Gasteiger partial charge in [0.1, 0.15) is 17.2 Å². The molecule has 7 nitrogen and oxygen atoms in total. The van der Waals surface area contributed by atoms with Crippen LogP contribution in [0.4, 0.5) is 0 Å². The van der Waals surface area contributed by atoms with E-state index in [1.54, 1.807) is 28.4 Å². The number of rotatable bonds is 16. The van der Waals surface area contributed by atoms with E-state index in [-0.39, 0.29) is 12.5 Å². The van der Waals surface area contributed by atoms with Crippen LogP contribution in [-0.2, 0) is 50.8 Å². The molecule has 0 saturated carbocycles. The zero-order chi connectivity index (χ0) is 30.0. The number of methoxy groups -OCH3 is 4. The summed E-state index contributed by atoms with van der Waals surface area (Å²) in [6.45, 7) is 10.1. The van der Waals surface area contributed by atoms with Crippen molar-refractivity contribution in [2.24, 2.45) is 0 Å². The Morgan fingerprint density at radius 1 is 0.683 bits per heavy atom. The second-order valence-corrected chi connectivity index (χ2v) is 10.9. The van der Waals surface area contributed by atoms with Crippen LogP contribution in [0.2, 0.25) is 0 Å². The minimum absolute atomic E-state index is 0.0531. The summed E-state index contributed by atoms with van der Waals surface area (Å²) < 4.78 is 34.0. The second kappa shape index (κ2) is 15.2. The van der Waals surface area contributed by atoms with Gasteiger partial charge in [0, 0.05) is 56.1 Å². The number of benzene rings is 3. The average molecular weight is 567 g/mol. The van der Waals surface area contributed by atoms with Gasteiger partial charge in [0.25, 0.3) is 0 Å². The highest BCUT2D eigenvalue weighted by atomic mass is 16.7. The maximum Gasteiger partial charge on any atom is 0.230 e. The molecule has 41 heavy (non-hydrogen) atoms. The van der Waals surface area contributed by atoms with E-state index in [4.69, 9.17) is 28.4 Å². The molecule has 0 aliphatic rings. The SMILES string of the molecule is CCC(C)c1ccc(OCOc2c(COC)cc(C(C)(C)c3cc(COC)c(O)c(COC)c3)cc2COC)cc1. The Balaban J connectivity index is 1.95. The van der Waals surface area contributed by atoms with Crippen LogP contribution in [0.25, 0.3) is 0 Å². The molecule has 7 heteroatoms. The Kier molecular flexibility index (Phi) is 12.0. The molecule has 0 saturated heterocycles. The minimum atomic E-state index is -0.434. The van der Waals surface area contributed by atoms with Crippen LogP contribution < -0.4 is 9.47 Å². The van der Waals surface area contributed by atoms with Gasteiger partial charge in [-0.15, -0.1) is 0 Å². The molecule has 3 aromatic carbocycles. The molecular formula is C34H46O7. The standard InChI is InChI=1S/C34H46O7/c1-9-23(2)24-10-12-31(13-11-24)40-22-41-33-27(20-38-7)16-30(17-28(33)21-39-8)34(3,4)29-14-25(18-36-5)32(35)26(15-29)19-37-6/h10-17,23,35H,9,18-22H2,1-8H3. The van der Waals surface area contributed by atoms with Gasteiger partial charge in [0.15, 0.2) is 0 Å². The zero-order valence-corrected chi connectivity index (χ0v) is 25.8. The normalized spacial score (nSPS) is 12.4. The van der Waals surface area contributed by atoms with Crippen molar-refractivity contribution in [2.45, 2.75) is 71.9 Å². The van der Waals surface area contributed by atoms with Gasteiger partial charge in [0.2, 0.25) is 6.79 Å². The van der Waals surface area contributed by atoms with Gasteiger partial charge >= 0.3 is 0 Å². The van der Waals surface area contributed by atoms with Gasteiger partial charge in [-0.2, -0.15) is 0 Å². The van der Waals surface area contributed by atoms with E-state index in [1.165, 1.54) is 5.56 Å². The van der Waals surface area contributed by atoms with Gasteiger partial charge in [-0.1, -0.05) is 39.8 Å². The van der Waals surface area contributed by atoms with Gasteiger partial charge in [-0.25, -0.2) is 0 Å². The Morgan fingerprint density at radius 2 is 1.12 bits per heavy atom. The van der Waals surface area contributed by atoms with Crippen molar-refractivity contribution in [1.29, 1.82) is 0 Å². The van der Waals surface area contributed by atoms with E-state index >= 15 is 0 Å². The van der Waals surface area contributed by atoms with Crippen molar-refractivity contribution in [2.75, 3.05) is 35.2 Å². The molecule has 0 aliphatic carbocycles. The van der Waals surface area contributed by atoms with Crippen molar-refractivity contribution >= 4 is 0 Å². The third-order valence-electron chi connectivity index (χ3n) is 7.64. The summed E-state index contributed by atoms with van der Waals surface area (Å²) in [6, 6.07) is 16.4. The van der Waals surface area contributed by atoms with Gasteiger partial charge in [0.05, 0.1) is 26.4 Å². The van der Waals surface area contributed by atoms with E-state index in [1.807, 2.05) is 24.3 Å². The maximum absolute atomic E-state index is 10.8. The summed E-state index contributed by atoms with van der Waals surface area (Å²) in [5.41, 5.74) is 6.17. The monoisotopic (exact) mass is 566 g/mol. The molecule has 224 valence electrons. The van der Waals surface area contributed by atoms with Gasteiger partial charge in [-0.05, 0) is 65.4 Å². The summed E-state index contributed by atoms with van der Waals surface area (Å²) in [7, 11) is 6.57. The largest absolute Gasteiger partial charge is 0.507 e. The van der Waals surface area contributed by atoms with Gasteiger partial charge < -0.3 is 33.5 Å². The van der Waals surface area contributed by atoms with Crippen LogP contribution in [0.5, 0.6) is 17.2 Å². The van der Waals surface area contributed by atoms with Crippen molar-refractivity contribution < 1.29 is 33.5 Å². The highest BCUT2D eigenvalue weighted by Gasteiger charge is 2.28. The topological polar surface area (TPSA) is 75.6 Å². The molecule has 0 aliphatic heterocycles. The number of phenols is 1. The van der Waals surface area contributed by atoms with Crippen LogP contribution in [0.1, 0.15) is 79.0 Å². The number of ether oxygens (including phenoxy) is 6. The van der Waals surface area contributed by atoms with Crippen molar-refractivity contribution in [3.63, 3.8) is 0 Å². The molecule has 0 amide bonds. The molecule has 0 fully saturated rings. The Bertz CT molecular complexity index is 1200. The lowest BCUT2D eigenvalue weighted by Crippen LogP contribution is -2.21. The third-order valence-corrected chi connectivity index (χ3v) is 7.64. The van der Waals surface area contributed by atoms with Crippen molar-refractivity contribution in [1.82, 2.24) is 0 Å². The predicted octanol–water partition coefficient (Wildman–Crippen LogP) is 7.23. The molecule has 0 radical (unpaired) electrons. The highest BCUT2D eigenvalue weighted by Crippen LogP contribution is 2.40. The fourth-order valence-corrected chi connectivity index (χ4v) is 4.93. The first-order valence-electron chi connectivity index (χ1n) is 14.0. The molecule has 0 aromatic heterocycles. The first kappa shape index (κ1) is 32.4. The number of hydrogen-bond acceptors (Lipinski definition) is 7. The van der Waals surface area contributed by atoms with Crippen LogP contribution >= 0.6 is 0 Å². The molecular weight excluding hydrogens is 520 g/mol. The zero-order valence-electron chi connectivity index (χ0n) is 25.8. The fourth-order valence-electron chi connectivity index (χ4n) is 4.93. The van der Waals surface area contributed by atoms with Crippen molar-refractivity contribution in [3.8, 4) is 17.2 Å². The molecule has 0 heterocycles. The Morgan fingerprint density at radius 3 is 1.56 bits per heavy atom. The van der Waals surface area contributed by atoms with E-state index in [2.05, 4.69) is 52.0 Å². The summed E-state index contributed by atoms with van der Waals surface area (Å²) >= 11 is 0. The maximum atomic E-state index is 10.8. The van der Waals surface area contributed by atoms with E-state index in [0.717, 1.165) is 34.4 Å². The third kappa shape index (κ3) is 8.01. The Hall–Kier alpha value is -3.10. The molecule has 1 atom stereocenters. The smallest absolute Gasteiger partial charge is 0.230 e. The lowest BCUT2D eigenvalue weighted by Gasteiger charge is -2.30. The molecule has 1 unspecified atom stereocenters. The van der Waals surface area contributed by atoms with Crippen LogP contribution in [0.3, 0.4) is 0 Å². The average Bonchev–Trinajstić information content (AvgIpc) is 2.96. The first-order chi connectivity index (χ1) is 19.7. The quantitative estimate of drug-likeness (QED) is 0.183. The lowest BCUT2D eigenvalue weighted by atomic mass is 9.76. The summed E-state index contributed by atoms with van der Waals surface area (Å²) in [5, 5.41) is 10.8. The second-order valence-electron chi connectivity index (χ2n) is 10.9. The highest BCUT2D eigenvalue weighted by molar-refractivity contribution is 5.52. The number of phenolic OH excluding ortho intramolecular Hbond substituents is 1. The molecule has 3 aromatic rings. The molecule has 0 spiro atoms.